The predicted octanol–water partition coefficient (Wildman–Crippen LogP) is 3.59. The average molecular weight is 285 g/mol. The molecule has 0 fully saturated rings. The van der Waals surface area contributed by atoms with Crippen LogP contribution in [0.5, 0.6) is 0 Å². The van der Waals surface area contributed by atoms with Crippen LogP contribution in [0.1, 0.15) is 17.3 Å². The smallest absolute Gasteiger partial charge is 0.161 e. The van der Waals surface area contributed by atoms with Crippen LogP contribution < -0.4 is 5.32 Å². The molecule has 1 atom stereocenters. The number of halogens is 2. The number of imidazole rings is 1. The first-order chi connectivity index (χ1) is 10.2. The molecule has 1 aromatic heterocycles. The van der Waals surface area contributed by atoms with Gasteiger partial charge in [-0.3, -0.25) is 0 Å². The number of hydrogen-bond donors (Lipinski definition) is 2. The Balaban J connectivity index is 1.66. The van der Waals surface area contributed by atoms with E-state index >= 15 is 0 Å². The van der Waals surface area contributed by atoms with Crippen molar-refractivity contribution in [2.24, 2.45) is 0 Å². The first-order valence-electron chi connectivity index (χ1n) is 6.87. The first kappa shape index (κ1) is 12.3. The molecule has 3 nitrogen and oxygen atoms in total. The zero-order valence-electron chi connectivity index (χ0n) is 11.2. The Morgan fingerprint density at radius 1 is 1.14 bits per heavy atom. The van der Waals surface area contributed by atoms with Gasteiger partial charge in [0.15, 0.2) is 11.6 Å². The SMILES string of the molecule is Fc1cc2nc(CC3CNc4ccccc43)[nH]c2cc1F. The second-order valence-corrected chi connectivity index (χ2v) is 5.34. The molecule has 5 heteroatoms. The van der Waals surface area contributed by atoms with Crippen molar-refractivity contribution in [2.45, 2.75) is 12.3 Å². The Morgan fingerprint density at radius 2 is 1.95 bits per heavy atom. The van der Waals surface area contributed by atoms with Crippen LogP contribution in [0.25, 0.3) is 11.0 Å². The molecule has 21 heavy (non-hydrogen) atoms. The fraction of sp³-hybridized carbons (Fsp3) is 0.188. The number of H-pyrrole nitrogens is 1. The highest BCUT2D eigenvalue weighted by atomic mass is 19.2. The first-order valence-corrected chi connectivity index (χ1v) is 6.87. The lowest BCUT2D eigenvalue weighted by molar-refractivity contribution is 0.510. The highest BCUT2D eigenvalue weighted by Crippen LogP contribution is 2.33. The van der Waals surface area contributed by atoms with Crippen molar-refractivity contribution in [3.8, 4) is 0 Å². The number of hydrogen-bond acceptors (Lipinski definition) is 2. The van der Waals surface area contributed by atoms with Gasteiger partial charge in [-0.15, -0.1) is 0 Å². The molecule has 2 heterocycles. The summed E-state index contributed by atoms with van der Waals surface area (Å²) in [6.45, 7) is 0.846. The fourth-order valence-corrected chi connectivity index (χ4v) is 2.93. The molecule has 0 saturated carbocycles. The van der Waals surface area contributed by atoms with Gasteiger partial charge >= 0.3 is 0 Å². The maximum atomic E-state index is 13.2. The third-order valence-corrected chi connectivity index (χ3v) is 3.95. The molecule has 1 unspecified atom stereocenters. The fourth-order valence-electron chi connectivity index (χ4n) is 2.93. The summed E-state index contributed by atoms with van der Waals surface area (Å²) in [5, 5.41) is 3.36. The van der Waals surface area contributed by atoms with E-state index in [1.165, 1.54) is 5.56 Å². The summed E-state index contributed by atoms with van der Waals surface area (Å²) in [4.78, 5) is 7.44. The predicted molar refractivity (Wildman–Crippen MR) is 77.4 cm³/mol. The van der Waals surface area contributed by atoms with Gasteiger partial charge in [0.2, 0.25) is 0 Å². The van der Waals surface area contributed by atoms with Crippen LogP contribution in [0, 0.1) is 11.6 Å². The molecule has 2 N–H and O–H groups in total. The second-order valence-electron chi connectivity index (χ2n) is 5.34. The van der Waals surface area contributed by atoms with E-state index in [9.17, 15) is 8.78 Å². The minimum absolute atomic E-state index is 0.316. The maximum absolute atomic E-state index is 13.2. The molecule has 2 aromatic carbocycles. The van der Waals surface area contributed by atoms with Crippen LogP contribution in [0.15, 0.2) is 36.4 Å². The Kier molecular flexibility index (Phi) is 2.67. The topological polar surface area (TPSA) is 40.7 Å². The summed E-state index contributed by atoms with van der Waals surface area (Å²) >= 11 is 0. The van der Waals surface area contributed by atoms with Crippen molar-refractivity contribution in [2.75, 3.05) is 11.9 Å². The standard InChI is InChI=1S/C16H13F2N3/c17-11-6-14-15(7-12(11)18)21-16(20-14)5-9-8-19-13-4-2-1-3-10(9)13/h1-4,6-7,9,19H,5,8H2,(H,20,21). The Bertz CT molecular complexity index is 787. The largest absolute Gasteiger partial charge is 0.384 e. The molecule has 0 saturated heterocycles. The van der Waals surface area contributed by atoms with Gasteiger partial charge in [-0.2, -0.15) is 0 Å². The number of para-hydroxylation sites is 1. The van der Waals surface area contributed by atoms with Crippen molar-refractivity contribution < 1.29 is 8.78 Å². The van der Waals surface area contributed by atoms with Gasteiger partial charge in [-0.25, -0.2) is 13.8 Å². The van der Waals surface area contributed by atoms with E-state index in [1.54, 1.807) is 0 Å². The number of fused-ring (bicyclic) bond motifs is 2. The quantitative estimate of drug-likeness (QED) is 0.755. The van der Waals surface area contributed by atoms with E-state index in [0.29, 0.717) is 23.4 Å². The number of anilines is 1. The minimum atomic E-state index is -0.867. The number of rotatable bonds is 2. The molecule has 106 valence electrons. The van der Waals surface area contributed by atoms with Crippen LogP contribution in [0.2, 0.25) is 0 Å². The van der Waals surface area contributed by atoms with Gasteiger partial charge < -0.3 is 10.3 Å². The lowest BCUT2D eigenvalue weighted by Crippen LogP contribution is -2.06. The lowest BCUT2D eigenvalue weighted by Gasteiger charge is -2.07. The summed E-state index contributed by atoms with van der Waals surface area (Å²) in [5.41, 5.74) is 3.40. The molecule has 4 rings (SSSR count). The van der Waals surface area contributed by atoms with E-state index in [-0.39, 0.29) is 0 Å². The van der Waals surface area contributed by atoms with Gasteiger partial charge in [-0.1, -0.05) is 18.2 Å². The van der Waals surface area contributed by atoms with E-state index in [4.69, 9.17) is 0 Å². The Hall–Kier alpha value is -2.43. The second kappa shape index (κ2) is 4.55. The van der Waals surface area contributed by atoms with Gasteiger partial charge in [0.05, 0.1) is 11.0 Å². The van der Waals surface area contributed by atoms with E-state index < -0.39 is 11.6 Å². The summed E-state index contributed by atoms with van der Waals surface area (Å²) < 4.78 is 26.4. The minimum Gasteiger partial charge on any atom is -0.384 e. The summed E-state index contributed by atoms with van der Waals surface area (Å²) in [7, 11) is 0. The number of benzene rings is 2. The van der Waals surface area contributed by atoms with Crippen molar-refractivity contribution in [3.05, 3.63) is 59.4 Å². The molecule has 0 radical (unpaired) electrons. The number of aromatic nitrogens is 2. The zero-order chi connectivity index (χ0) is 14.4. The van der Waals surface area contributed by atoms with E-state index in [2.05, 4.69) is 27.4 Å². The van der Waals surface area contributed by atoms with Crippen LogP contribution in [-0.2, 0) is 6.42 Å². The van der Waals surface area contributed by atoms with Crippen LogP contribution in [-0.4, -0.2) is 16.5 Å². The molecule has 3 aromatic rings. The molecule has 1 aliphatic heterocycles. The monoisotopic (exact) mass is 285 g/mol. The summed E-state index contributed by atoms with van der Waals surface area (Å²) in [6.07, 6.45) is 0.710. The zero-order valence-corrected chi connectivity index (χ0v) is 11.2. The highest BCUT2D eigenvalue weighted by Gasteiger charge is 2.23. The van der Waals surface area contributed by atoms with Crippen molar-refractivity contribution in [3.63, 3.8) is 0 Å². The Morgan fingerprint density at radius 3 is 2.86 bits per heavy atom. The van der Waals surface area contributed by atoms with E-state index in [0.717, 1.165) is 30.2 Å². The van der Waals surface area contributed by atoms with Gasteiger partial charge in [0.1, 0.15) is 5.82 Å². The highest BCUT2D eigenvalue weighted by molar-refractivity contribution is 5.75. The average Bonchev–Trinajstić information content (AvgIpc) is 3.04. The van der Waals surface area contributed by atoms with Crippen molar-refractivity contribution in [1.29, 1.82) is 0 Å². The molecular weight excluding hydrogens is 272 g/mol. The normalized spacial score (nSPS) is 17.0. The van der Waals surface area contributed by atoms with Crippen molar-refractivity contribution in [1.82, 2.24) is 9.97 Å². The molecular formula is C16H13F2N3. The number of nitrogens with one attached hydrogen (secondary N) is 2. The van der Waals surface area contributed by atoms with Crippen LogP contribution >= 0.6 is 0 Å². The van der Waals surface area contributed by atoms with Gasteiger partial charge in [-0.05, 0) is 11.6 Å². The maximum Gasteiger partial charge on any atom is 0.161 e. The molecule has 0 amide bonds. The van der Waals surface area contributed by atoms with Crippen LogP contribution in [0.3, 0.4) is 0 Å². The number of aromatic amines is 1. The van der Waals surface area contributed by atoms with E-state index in [1.807, 2.05) is 12.1 Å². The lowest BCUT2D eigenvalue weighted by atomic mass is 9.98. The summed E-state index contributed by atoms with van der Waals surface area (Å²) in [5.74, 6) is -0.658. The number of nitrogens with zero attached hydrogens (tertiary/aromatic N) is 1. The summed E-state index contributed by atoms with van der Waals surface area (Å²) in [6, 6.07) is 10.5. The molecule has 0 spiro atoms. The van der Waals surface area contributed by atoms with Crippen LogP contribution in [0.4, 0.5) is 14.5 Å². The Labute approximate surface area is 120 Å². The molecule has 0 aliphatic carbocycles. The third-order valence-electron chi connectivity index (χ3n) is 3.95. The van der Waals surface area contributed by atoms with Gasteiger partial charge in [0.25, 0.3) is 0 Å². The third kappa shape index (κ3) is 2.05. The van der Waals surface area contributed by atoms with Gasteiger partial charge in [0, 0.05) is 36.7 Å². The molecule has 0 bridgehead atoms. The van der Waals surface area contributed by atoms with Crippen molar-refractivity contribution >= 4 is 16.7 Å². The molecule has 1 aliphatic rings.